The van der Waals surface area contributed by atoms with Crippen molar-refractivity contribution < 1.29 is 49.9 Å². The fourth-order valence-corrected chi connectivity index (χ4v) is 8.27. The Hall–Kier alpha value is -4.25. The number of carbonyl (C=O) groups is 3. The molecule has 3 aliphatic heterocycles. The third-order valence-corrected chi connectivity index (χ3v) is 11.1. The molecule has 3 aromatic rings. The highest BCUT2D eigenvalue weighted by Gasteiger charge is 2.58. The minimum atomic E-state index is -4.95. The van der Waals surface area contributed by atoms with Gasteiger partial charge in [-0.15, -0.1) is 11.3 Å². The number of aromatic nitrogens is 1. The van der Waals surface area contributed by atoms with Crippen LogP contribution in [0, 0.1) is 5.82 Å². The summed E-state index contributed by atoms with van der Waals surface area (Å²) in [5, 5.41) is 1.08. The number of benzene rings is 1. The second kappa shape index (κ2) is 14.9. The van der Waals surface area contributed by atoms with Crippen LogP contribution in [0.15, 0.2) is 48.0 Å². The molecule has 3 atom stereocenters. The van der Waals surface area contributed by atoms with Gasteiger partial charge in [0.15, 0.2) is 0 Å². The van der Waals surface area contributed by atoms with Crippen LogP contribution in [0.3, 0.4) is 0 Å². The molecule has 3 aliphatic rings. The van der Waals surface area contributed by atoms with Crippen LogP contribution in [0.25, 0.3) is 0 Å². The molecule has 5 heterocycles. The van der Waals surface area contributed by atoms with Crippen LogP contribution >= 0.6 is 11.3 Å². The molecule has 0 N–H and O–H groups in total. The Labute approximate surface area is 305 Å². The van der Waals surface area contributed by atoms with Gasteiger partial charge in [-0.25, -0.2) is 4.39 Å². The van der Waals surface area contributed by atoms with E-state index in [0.717, 1.165) is 34.7 Å². The van der Waals surface area contributed by atoms with Crippen molar-refractivity contribution in [1.29, 1.82) is 0 Å². The number of likely N-dealkylation sites (N-methyl/N-ethyl adjacent to an activating group) is 1. The van der Waals surface area contributed by atoms with E-state index in [4.69, 9.17) is 4.74 Å². The molecular formula is C36H38F7N5O4S. The zero-order valence-corrected chi connectivity index (χ0v) is 29.8. The van der Waals surface area contributed by atoms with Gasteiger partial charge in [-0.1, -0.05) is 19.4 Å². The fraction of sp³-hybridized carbons (Fsp3) is 0.500. The number of fused-ring (bicyclic) bond motifs is 1. The Kier molecular flexibility index (Phi) is 10.8. The molecule has 0 bridgehead atoms. The highest BCUT2D eigenvalue weighted by Crippen LogP contribution is 2.44. The summed E-state index contributed by atoms with van der Waals surface area (Å²) in [7, 11) is 1.89. The van der Waals surface area contributed by atoms with Crippen LogP contribution in [0.1, 0.15) is 70.7 Å². The number of alkyl halides is 6. The van der Waals surface area contributed by atoms with Crippen molar-refractivity contribution in [2.75, 3.05) is 46.3 Å². The maximum Gasteiger partial charge on any atom is 0.425 e. The highest BCUT2D eigenvalue weighted by atomic mass is 32.1. The molecule has 0 unspecified atom stereocenters. The number of rotatable bonds is 7. The number of halogens is 7. The van der Waals surface area contributed by atoms with Gasteiger partial charge in [-0.2, -0.15) is 26.3 Å². The average Bonchev–Trinajstić information content (AvgIpc) is 3.60. The lowest BCUT2D eigenvalue weighted by atomic mass is 9.78. The van der Waals surface area contributed by atoms with E-state index in [2.05, 4.69) is 4.98 Å². The lowest BCUT2D eigenvalue weighted by Crippen LogP contribution is -2.69. The first-order valence-electron chi connectivity index (χ1n) is 17.3. The summed E-state index contributed by atoms with van der Waals surface area (Å²) in [4.78, 5) is 52.7. The lowest BCUT2D eigenvalue weighted by molar-refractivity contribution is -0.166. The minimum absolute atomic E-state index is 0.00193. The van der Waals surface area contributed by atoms with Crippen LogP contribution in [-0.2, 0) is 28.4 Å². The maximum atomic E-state index is 15.4. The molecule has 2 aromatic heterocycles. The quantitative estimate of drug-likeness (QED) is 0.257. The summed E-state index contributed by atoms with van der Waals surface area (Å²) in [5.41, 5.74) is -3.47. The number of piperidine rings is 1. The Morgan fingerprint density at radius 3 is 2.36 bits per heavy atom. The van der Waals surface area contributed by atoms with Gasteiger partial charge in [0, 0.05) is 63.3 Å². The van der Waals surface area contributed by atoms with E-state index in [1.54, 1.807) is 17.9 Å². The van der Waals surface area contributed by atoms with Crippen LogP contribution in [-0.4, -0.2) is 100 Å². The van der Waals surface area contributed by atoms with E-state index in [0.29, 0.717) is 43.1 Å². The van der Waals surface area contributed by atoms with Gasteiger partial charge >= 0.3 is 12.4 Å². The Balaban J connectivity index is 1.49. The summed E-state index contributed by atoms with van der Waals surface area (Å²) in [6, 6.07) is 3.83. The number of carbonyl (C=O) groups excluding carboxylic acids is 3. The Bertz CT molecular complexity index is 1840. The molecule has 2 saturated heterocycles. The van der Waals surface area contributed by atoms with Gasteiger partial charge in [-0.05, 0) is 61.7 Å². The van der Waals surface area contributed by atoms with E-state index in [9.17, 15) is 40.3 Å². The molecule has 17 heteroatoms. The molecule has 0 aliphatic carbocycles. The number of nitrogens with zero attached hydrogens (tertiary/aromatic N) is 5. The van der Waals surface area contributed by atoms with Gasteiger partial charge in [0.05, 0.1) is 11.6 Å². The number of hydrogen-bond acceptors (Lipinski definition) is 7. The third kappa shape index (κ3) is 7.59. The van der Waals surface area contributed by atoms with Gasteiger partial charge in [0.2, 0.25) is 11.5 Å². The monoisotopic (exact) mass is 769 g/mol. The van der Waals surface area contributed by atoms with Crippen molar-refractivity contribution in [3.8, 4) is 5.75 Å². The molecule has 0 spiro atoms. The largest absolute Gasteiger partial charge is 0.474 e. The third-order valence-electron chi connectivity index (χ3n) is 10.2. The van der Waals surface area contributed by atoms with E-state index >= 15 is 4.79 Å². The molecule has 53 heavy (non-hydrogen) atoms. The lowest BCUT2D eigenvalue weighted by Gasteiger charge is -2.51. The summed E-state index contributed by atoms with van der Waals surface area (Å²) < 4.78 is 105. The van der Waals surface area contributed by atoms with E-state index in [-0.39, 0.29) is 56.5 Å². The zero-order chi connectivity index (χ0) is 38.3. The number of likely N-dealkylation sites (tertiary alicyclic amines) is 1. The summed E-state index contributed by atoms with van der Waals surface area (Å²) in [6.45, 7) is 3.28. The minimum Gasteiger partial charge on any atom is -0.474 e. The number of piperazine rings is 1. The number of ether oxygens (including phenoxy) is 1. The van der Waals surface area contributed by atoms with Gasteiger partial charge in [0.25, 0.3) is 11.8 Å². The van der Waals surface area contributed by atoms with Crippen molar-refractivity contribution in [3.05, 3.63) is 81.1 Å². The first-order valence-corrected chi connectivity index (χ1v) is 18.2. The number of pyridine rings is 1. The zero-order valence-electron chi connectivity index (χ0n) is 29.0. The smallest absolute Gasteiger partial charge is 0.425 e. The van der Waals surface area contributed by atoms with Crippen molar-refractivity contribution in [2.24, 2.45) is 0 Å². The highest BCUT2D eigenvalue weighted by molar-refractivity contribution is 7.10. The number of amides is 3. The first kappa shape index (κ1) is 38.5. The number of thiophene rings is 1. The molecule has 286 valence electrons. The molecule has 1 aromatic carbocycles. The molecule has 3 amide bonds. The fourth-order valence-electron chi connectivity index (χ4n) is 7.59. The normalized spacial score (nSPS) is 22.8. The van der Waals surface area contributed by atoms with Crippen molar-refractivity contribution in [2.45, 2.75) is 69.1 Å². The molecule has 2 fully saturated rings. The van der Waals surface area contributed by atoms with Gasteiger partial charge in [0.1, 0.15) is 28.2 Å². The molecule has 6 rings (SSSR count). The summed E-state index contributed by atoms with van der Waals surface area (Å²) >= 11 is 0.334. The van der Waals surface area contributed by atoms with Crippen molar-refractivity contribution in [3.63, 3.8) is 0 Å². The molecule has 9 nitrogen and oxygen atoms in total. The van der Waals surface area contributed by atoms with E-state index in [1.807, 2.05) is 11.9 Å². The van der Waals surface area contributed by atoms with Crippen LogP contribution in [0.5, 0.6) is 5.75 Å². The Morgan fingerprint density at radius 2 is 1.70 bits per heavy atom. The first-order chi connectivity index (χ1) is 25.0. The molecule has 0 radical (unpaired) electrons. The van der Waals surface area contributed by atoms with E-state index < -0.39 is 69.7 Å². The van der Waals surface area contributed by atoms with E-state index in [1.165, 1.54) is 17.0 Å². The van der Waals surface area contributed by atoms with Crippen LogP contribution < -0.4 is 4.74 Å². The second-order valence-electron chi connectivity index (χ2n) is 13.6. The predicted molar refractivity (Wildman–Crippen MR) is 180 cm³/mol. The van der Waals surface area contributed by atoms with Crippen LogP contribution in [0.4, 0.5) is 30.7 Å². The van der Waals surface area contributed by atoms with Crippen molar-refractivity contribution >= 4 is 29.1 Å². The summed E-state index contributed by atoms with van der Waals surface area (Å²) in [5.74, 6) is -3.43. The average molecular weight is 770 g/mol. The Morgan fingerprint density at radius 1 is 0.962 bits per heavy atom. The SMILES string of the molecule is CCC[C@H]1N(C(=O)c2ncccc2C(F)(F)F)CCC[C@@]1(Oc1csc(C(F)(F)F)c1)C(=O)N1CCc2ccc(F)cc2[C@H]1C(=O)N1CCN(C)CC1. The molecular weight excluding hydrogens is 731 g/mol. The predicted octanol–water partition coefficient (Wildman–Crippen LogP) is 6.44. The van der Waals surface area contributed by atoms with Crippen LogP contribution in [0.2, 0.25) is 0 Å². The van der Waals surface area contributed by atoms with Crippen molar-refractivity contribution in [1.82, 2.24) is 24.6 Å². The standard InChI is InChI=1S/C36H38F7N5O4S/c1-3-6-27-34(52-24-20-28(53-21-24)36(41,42)43,11-5-13-47(27)31(49)29-26(35(38,39)40)7-4-12-44-29)33(51)48-14-10-22-8-9-23(37)19-25(22)30(48)32(50)46-17-15-45(2)16-18-46/h4,7-9,12,19-21,27,30H,3,5-6,10-11,13-18H2,1-2H3/t27-,30+,34+/m1/s1. The number of hydrogen-bond donors (Lipinski definition) is 0. The van der Waals surface area contributed by atoms with Gasteiger partial charge in [-0.3, -0.25) is 19.4 Å². The molecule has 0 saturated carbocycles. The van der Waals surface area contributed by atoms with Gasteiger partial charge < -0.3 is 24.3 Å². The summed E-state index contributed by atoms with van der Waals surface area (Å²) in [6.07, 6.45) is -8.30. The maximum absolute atomic E-state index is 15.4. The second-order valence-corrected chi connectivity index (χ2v) is 14.5. The topological polar surface area (TPSA) is 86.3 Å².